The van der Waals surface area contributed by atoms with Gasteiger partial charge in [-0.2, -0.15) is 0 Å². The van der Waals surface area contributed by atoms with Crippen LogP contribution in [0.4, 0.5) is 5.13 Å². The van der Waals surface area contributed by atoms with Crippen LogP contribution >= 0.6 is 23.1 Å². The van der Waals surface area contributed by atoms with Crippen molar-refractivity contribution in [2.75, 3.05) is 5.32 Å². The highest BCUT2D eigenvalue weighted by atomic mass is 32.2. The van der Waals surface area contributed by atoms with E-state index in [0.717, 1.165) is 10.5 Å². The van der Waals surface area contributed by atoms with Gasteiger partial charge in [-0.25, -0.2) is 4.98 Å². The number of hydrogen-bond acceptors (Lipinski definition) is 5. The van der Waals surface area contributed by atoms with Crippen LogP contribution in [0.15, 0.2) is 71.8 Å². The fourth-order valence-corrected chi connectivity index (χ4v) is 3.96. The van der Waals surface area contributed by atoms with Crippen LogP contribution in [0, 0.1) is 0 Å². The molecule has 0 saturated heterocycles. The van der Waals surface area contributed by atoms with E-state index in [1.165, 1.54) is 36.2 Å². The number of carbonyl (C=O) groups is 2. The molecule has 1 unspecified atom stereocenters. The maximum Gasteiger partial charge on any atom is 0.244 e. The van der Waals surface area contributed by atoms with E-state index in [1.54, 1.807) is 0 Å². The van der Waals surface area contributed by atoms with Gasteiger partial charge in [0.05, 0.1) is 11.1 Å². The predicted molar refractivity (Wildman–Crippen MR) is 102 cm³/mol. The SMILES string of the molecule is CC(=O)c1cnc(NC(=O)C(Sc2ccccc2)c2ccccc2)s1. The first-order valence-electron chi connectivity index (χ1n) is 7.68. The summed E-state index contributed by atoms with van der Waals surface area (Å²) >= 11 is 2.67. The molecule has 2 aromatic carbocycles. The zero-order chi connectivity index (χ0) is 17.6. The van der Waals surface area contributed by atoms with Gasteiger partial charge in [0.25, 0.3) is 0 Å². The molecular formula is C19H16N2O2S2. The number of nitrogens with zero attached hydrogens (tertiary/aromatic N) is 1. The number of Topliss-reactive ketones (excluding diaryl/α,β-unsaturated/α-hetero) is 1. The lowest BCUT2D eigenvalue weighted by Crippen LogP contribution is -2.18. The highest BCUT2D eigenvalue weighted by molar-refractivity contribution is 8.00. The van der Waals surface area contributed by atoms with Gasteiger partial charge in [-0.05, 0) is 17.7 Å². The second-order valence-corrected chi connectivity index (χ2v) is 7.51. The number of thiazole rings is 1. The third-order valence-corrected chi connectivity index (χ3v) is 5.70. The molecule has 0 fully saturated rings. The van der Waals surface area contributed by atoms with E-state index >= 15 is 0 Å². The smallest absolute Gasteiger partial charge is 0.244 e. The fraction of sp³-hybridized carbons (Fsp3) is 0.105. The van der Waals surface area contributed by atoms with Gasteiger partial charge in [0.2, 0.25) is 5.91 Å². The molecule has 0 spiro atoms. The van der Waals surface area contributed by atoms with Crippen molar-refractivity contribution in [2.24, 2.45) is 0 Å². The highest BCUT2D eigenvalue weighted by Crippen LogP contribution is 2.36. The Morgan fingerprint density at radius 2 is 1.68 bits per heavy atom. The van der Waals surface area contributed by atoms with Crippen molar-refractivity contribution in [3.05, 3.63) is 77.3 Å². The van der Waals surface area contributed by atoms with Gasteiger partial charge in [0.15, 0.2) is 10.9 Å². The molecule has 1 N–H and O–H groups in total. The second-order valence-electron chi connectivity index (χ2n) is 5.30. The van der Waals surface area contributed by atoms with Crippen molar-refractivity contribution in [2.45, 2.75) is 17.1 Å². The lowest BCUT2D eigenvalue weighted by atomic mass is 10.1. The molecule has 1 heterocycles. The summed E-state index contributed by atoms with van der Waals surface area (Å²) in [5.41, 5.74) is 0.914. The Morgan fingerprint density at radius 3 is 2.28 bits per heavy atom. The van der Waals surface area contributed by atoms with Crippen LogP contribution in [0.5, 0.6) is 0 Å². The minimum Gasteiger partial charge on any atom is -0.301 e. The average molecular weight is 368 g/mol. The van der Waals surface area contributed by atoms with Gasteiger partial charge in [0.1, 0.15) is 5.25 Å². The summed E-state index contributed by atoms with van der Waals surface area (Å²) in [6.45, 7) is 1.48. The first-order valence-corrected chi connectivity index (χ1v) is 9.37. The number of anilines is 1. The summed E-state index contributed by atoms with van der Waals surface area (Å²) < 4.78 is 0. The number of hydrogen-bond donors (Lipinski definition) is 1. The number of thioether (sulfide) groups is 1. The molecule has 0 saturated carbocycles. The van der Waals surface area contributed by atoms with Crippen molar-refractivity contribution in [3.63, 3.8) is 0 Å². The van der Waals surface area contributed by atoms with Crippen molar-refractivity contribution < 1.29 is 9.59 Å². The van der Waals surface area contributed by atoms with Gasteiger partial charge < -0.3 is 5.32 Å². The minimum atomic E-state index is -0.409. The maximum absolute atomic E-state index is 12.8. The monoisotopic (exact) mass is 368 g/mol. The molecule has 1 atom stereocenters. The number of rotatable bonds is 6. The van der Waals surface area contributed by atoms with E-state index in [2.05, 4.69) is 10.3 Å². The molecule has 0 bridgehead atoms. The standard InChI is InChI=1S/C19H16N2O2S2/c1-13(22)16-12-20-19(25-16)21-18(23)17(14-8-4-2-5-9-14)24-15-10-6-3-7-11-15/h2-12,17H,1H3,(H,20,21,23). The maximum atomic E-state index is 12.8. The van der Waals surface area contributed by atoms with Crippen LogP contribution in [-0.4, -0.2) is 16.7 Å². The van der Waals surface area contributed by atoms with Gasteiger partial charge >= 0.3 is 0 Å². The predicted octanol–water partition coefficient (Wildman–Crippen LogP) is 4.82. The number of carbonyl (C=O) groups excluding carboxylic acids is 2. The van der Waals surface area contributed by atoms with Crippen LogP contribution < -0.4 is 5.32 Å². The van der Waals surface area contributed by atoms with Crippen molar-refractivity contribution >= 4 is 39.9 Å². The Hall–Kier alpha value is -2.44. The molecule has 3 aromatic rings. The third-order valence-electron chi connectivity index (χ3n) is 3.42. The molecule has 126 valence electrons. The van der Waals surface area contributed by atoms with E-state index in [1.807, 2.05) is 60.7 Å². The molecule has 3 rings (SSSR count). The molecule has 25 heavy (non-hydrogen) atoms. The second kappa shape index (κ2) is 8.09. The van der Waals surface area contributed by atoms with E-state index < -0.39 is 5.25 Å². The molecule has 1 aromatic heterocycles. The van der Waals surface area contributed by atoms with E-state index in [9.17, 15) is 9.59 Å². The Labute approximate surface area is 154 Å². The van der Waals surface area contributed by atoms with Crippen molar-refractivity contribution in [1.82, 2.24) is 4.98 Å². The first kappa shape index (κ1) is 17.4. The normalized spacial score (nSPS) is 11.7. The zero-order valence-corrected chi connectivity index (χ0v) is 15.1. The molecule has 0 aliphatic rings. The largest absolute Gasteiger partial charge is 0.301 e. The fourth-order valence-electron chi connectivity index (χ4n) is 2.20. The van der Waals surface area contributed by atoms with Gasteiger partial charge in [-0.3, -0.25) is 9.59 Å². The molecule has 0 aliphatic carbocycles. The number of nitrogens with one attached hydrogen (secondary N) is 1. The van der Waals surface area contributed by atoms with Crippen LogP contribution in [0.3, 0.4) is 0 Å². The lowest BCUT2D eigenvalue weighted by molar-refractivity contribution is -0.115. The van der Waals surface area contributed by atoms with E-state index in [0.29, 0.717) is 10.0 Å². The van der Waals surface area contributed by atoms with Crippen molar-refractivity contribution in [1.29, 1.82) is 0 Å². The molecule has 1 amide bonds. The van der Waals surface area contributed by atoms with E-state index in [-0.39, 0.29) is 11.7 Å². The van der Waals surface area contributed by atoms with Gasteiger partial charge in [0, 0.05) is 11.8 Å². The molecular weight excluding hydrogens is 352 g/mol. The van der Waals surface area contributed by atoms with Crippen LogP contribution in [0.1, 0.15) is 27.4 Å². The average Bonchev–Trinajstić information content (AvgIpc) is 3.10. The van der Waals surface area contributed by atoms with Crippen LogP contribution in [0.2, 0.25) is 0 Å². The minimum absolute atomic E-state index is 0.0590. The Balaban J connectivity index is 1.82. The number of ketones is 1. The topological polar surface area (TPSA) is 59.1 Å². The Bertz CT molecular complexity index is 863. The molecule has 4 nitrogen and oxygen atoms in total. The summed E-state index contributed by atoms with van der Waals surface area (Å²) in [5.74, 6) is -0.222. The zero-order valence-electron chi connectivity index (χ0n) is 13.5. The van der Waals surface area contributed by atoms with Crippen LogP contribution in [0.25, 0.3) is 0 Å². The van der Waals surface area contributed by atoms with Crippen molar-refractivity contribution in [3.8, 4) is 0 Å². The lowest BCUT2D eigenvalue weighted by Gasteiger charge is -2.16. The molecule has 6 heteroatoms. The Kier molecular flexibility index (Phi) is 5.63. The number of amides is 1. The summed E-state index contributed by atoms with van der Waals surface area (Å²) in [4.78, 5) is 29.9. The Morgan fingerprint density at radius 1 is 1.04 bits per heavy atom. The summed E-state index contributed by atoms with van der Waals surface area (Å²) in [6, 6.07) is 19.4. The highest BCUT2D eigenvalue weighted by Gasteiger charge is 2.23. The quantitative estimate of drug-likeness (QED) is 0.501. The van der Waals surface area contributed by atoms with Gasteiger partial charge in [-0.15, -0.1) is 11.8 Å². The molecule has 0 radical (unpaired) electrons. The number of aromatic nitrogens is 1. The first-order chi connectivity index (χ1) is 12.1. The van der Waals surface area contributed by atoms with E-state index in [4.69, 9.17) is 0 Å². The third kappa shape index (κ3) is 4.55. The summed E-state index contributed by atoms with van der Waals surface area (Å²) in [6.07, 6.45) is 1.49. The summed E-state index contributed by atoms with van der Waals surface area (Å²) in [7, 11) is 0. The number of benzene rings is 2. The van der Waals surface area contributed by atoms with Crippen LogP contribution in [-0.2, 0) is 4.79 Å². The van der Waals surface area contributed by atoms with Gasteiger partial charge in [-0.1, -0.05) is 59.9 Å². The molecule has 0 aliphatic heterocycles. The summed E-state index contributed by atoms with van der Waals surface area (Å²) in [5, 5.41) is 2.86.